The zero-order valence-corrected chi connectivity index (χ0v) is 12.6. The molecule has 3 rings (SSSR count). The molecule has 0 aliphatic carbocycles. The maximum absolute atomic E-state index is 5.46. The molecule has 0 aliphatic heterocycles. The normalized spacial score (nSPS) is 12.1. The summed E-state index contributed by atoms with van der Waals surface area (Å²) in [5, 5.41) is 2.13. The highest BCUT2D eigenvalue weighted by molar-refractivity contribution is 7.71. The Morgan fingerprint density at radius 2 is 2.00 bits per heavy atom. The summed E-state index contributed by atoms with van der Waals surface area (Å²) in [4.78, 5) is 4.66. The molecule has 0 unspecified atom stereocenters. The van der Waals surface area contributed by atoms with Crippen LogP contribution in [0.25, 0.3) is 11.0 Å². The van der Waals surface area contributed by atoms with E-state index < -0.39 is 0 Å². The lowest BCUT2D eigenvalue weighted by molar-refractivity contribution is 0.447. The molecule has 0 fully saturated rings. The third kappa shape index (κ3) is 2.26. The molecule has 0 bridgehead atoms. The first-order valence-corrected chi connectivity index (χ1v) is 7.58. The van der Waals surface area contributed by atoms with Gasteiger partial charge in [-0.3, -0.25) is 0 Å². The van der Waals surface area contributed by atoms with Gasteiger partial charge in [0.1, 0.15) is 0 Å². The lowest BCUT2D eigenvalue weighted by Gasteiger charge is -2.24. The van der Waals surface area contributed by atoms with Crippen molar-refractivity contribution >= 4 is 34.6 Å². The van der Waals surface area contributed by atoms with Crippen molar-refractivity contribution < 1.29 is 0 Å². The van der Waals surface area contributed by atoms with E-state index in [2.05, 4.69) is 59.1 Å². The van der Waals surface area contributed by atoms with Crippen molar-refractivity contribution in [2.75, 3.05) is 0 Å². The standard InChI is InChI=1S/C15H16N2S2/c1-15(2,13-8-5-9-19-13)10-17-12-7-4-3-6-11(12)16-14(17)18/h3-9H,10H2,1-2H3,(H,16,18). The number of benzene rings is 1. The molecular weight excluding hydrogens is 272 g/mol. The highest BCUT2D eigenvalue weighted by Gasteiger charge is 2.23. The number of rotatable bonds is 3. The van der Waals surface area contributed by atoms with Crippen LogP contribution in [0.5, 0.6) is 0 Å². The van der Waals surface area contributed by atoms with Crippen LogP contribution in [0.3, 0.4) is 0 Å². The Morgan fingerprint density at radius 3 is 2.74 bits per heavy atom. The van der Waals surface area contributed by atoms with E-state index in [1.165, 1.54) is 10.4 Å². The average molecular weight is 288 g/mol. The number of H-pyrrole nitrogens is 1. The number of hydrogen-bond acceptors (Lipinski definition) is 2. The maximum Gasteiger partial charge on any atom is 0.178 e. The number of nitrogens with zero attached hydrogens (tertiary/aromatic N) is 1. The SMILES string of the molecule is CC(C)(Cn1c(=S)[nH]c2ccccc21)c1cccs1. The Hall–Kier alpha value is -1.39. The van der Waals surface area contributed by atoms with Crippen LogP contribution in [0.4, 0.5) is 0 Å². The van der Waals surface area contributed by atoms with Crippen LogP contribution >= 0.6 is 23.6 Å². The predicted octanol–water partition coefficient (Wildman–Crippen LogP) is 4.74. The first kappa shape index (κ1) is 12.6. The number of hydrogen-bond donors (Lipinski definition) is 1. The van der Waals surface area contributed by atoms with Gasteiger partial charge in [0, 0.05) is 16.8 Å². The number of aromatic amines is 1. The molecule has 1 N–H and O–H groups in total. The smallest absolute Gasteiger partial charge is 0.178 e. The molecule has 98 valence electrons. The third-order valence-corrected chi connectivity index (χ3v) is 4.98. The minimum absolute atomic E-state index is 0.0807. The molecule has 4 heteroatoms. The molecule has 2 nitrogen and oxygen atoms in total. The Bertz CT molecular complexity index is 748. The molecule has 2 heterocycles. The Morgan fingerprint density at radius 1 is 1.21 bits per heavy atom. The van der Waals surface area contributed by atoms with Gasteiger partial charge in [0.15, 0.2) is 4.77 Å². The summed E-state index contributed by atoms with van der Waals surface area (Å²) in [6.45, 7) is 5.42. The van der Waals surface area contributed by atoms with Gasteiger partial charge in [-0.2, -0.15) is 0 Å². The molecule has 0 spiro atoms. The van der Waals surface area contributed by atoms with Crippen LogP contribution in [-0.2, 0) is 12.0 Å². The molecule has 1 aromatic carbocycles. The number of thiophene rings is 1. The summed E-state index contributed by atoms with van der Waals surface area (Å²) in [6.07, 6.45) is 0. The second-order valence-corrected chi connectivity index (χ2v) is 6.73. The number of imidazole rings is 1. The van der Waals surface area contributed by atoms with Crippen LogP contribution in [0.2, 0.25) is 0 Å². The fourth-order valence-corrected chi connectivity index (χ4v) is 3.52. The summed E-state index contributed by atoms with van der Waals surface area (Å²) in [6, 6.07) is 12.6. The van der Waals surface area contributed by atoms with E-state index in [4.69, 9.17) is 12.2 Å². The number of para-hydroxylation sites is 2. The van der Waals surface area contributed by atoms with E-state index in [-0.39, 0.29) is 5.41 Å². The largest absolute Gasteiger partial charge is 0.331 e. The molecule has 0 amide bonds. The molecule has 2 aromatic heterocycles. The summed E-state index contributed by atoms with van der Waals surface area (Å²) in [5.41, 5.74) is 2.36. The Labute approximate surface area is 121 Å². The van der Waals surface area contributed by atoms with Crippen LogP contribution in [0.15, 0.2) is 41.8 Å². The van der Waals surface area contributed by atoms with Gasteiger partial charge in [0.25, 0.3) is 0 Å². The van der Waals surface area contributed by atoms with Gasteiger partial charge < -0.3 is 9.55 Å². The van der Waals surface area contributed by atoms with Crippen molar-refractivity contribution in [1.29, 1.82) is 0 Å². The first-order chi connectivity index (χ1) is 9.08. The van der Waals surface area contributed by atoms with Gasteiger partial charge in [0.2, 0.25) is 0 Å². The van der Waals surface area contributed by atoms with E-state index in [9.17, 15) is 0 Å². The quantitative estimate of drug-likeness (QED) is 0.690. The van der Waals surface area contributed by atoms with E-state index in [0.29, 0.717) is 0 Å². The van der Waals surface area contributed by atoms with Gasteiger partial charge in [-0.05, 0) is 35.8 Å². The fraction of sp³-hybridized carbons (Fsp3) is 0.267. The van der Waals surface area contributed by atoms with Crippen molar-refractivity contribution in [3.05, 3.63) is 51.4 Å². The molecular formula is C15H16N2S2. The first-order valence-electron chi connectivity index (χ1n) is 6.29. The highest BCUT2D eigenvalue weighted by atomic mass is 32.1. The number of nitrogens with one attached hydrogen (secondary N) is 1. The van der Waals surface area contributed by atoms with Gasteiger partial charge in [-0.25, -0.2) is 0 Å². The van der Waals surface area contributed by atoms with Crippen molar-refractivity contribution in [2.45, 2.75) is 25.8 Å². The zero-order chi connectivity index (χ0) is 13.5. The van der Waals surface area contributed by atoms with Gasteiger partial charge >= 0.3 is 0 Å². The van der Waals surface area contributed by atoms with Crippen molar-refractivity contribution in [3.8, 4) is 0 Å². The summed E-state index contributed by atoms with van der Waals surface area (Å²) >= 11 is 7.27. The molecule has 0 radical (unpaired) electrons. The molecule has 0 saturated carbocycles. The van der Waals surface area contributed by atoms with E-state index in [1.807, 2.05) is 6.07 Å². The molecule has 3 aromatic rings. The minimum atomic E-state index is 0.0807. The van der Waals surface area contributed by atoms with Crippen molar-refractivity contribution in [3.63, 3.8) is 0 Å². The number of fused-ring (bicyclic) bond motifs is 1. The fourth-order valence-electron chi connectivity index (χ4n) is 2.40. The highest BCUT2D eigenvalue weighted by Crippen LogP contribution is 2.30. The van der Waals surface area contributed by atoms with Crippen LogP contribution in [0.1, 0.15) is 18.7 Å². The Kier molecular flexibility index (Phi) is 3.07. The molecule has 0 aliphatic rings. The van der Waals surface area contributed by atoms with Crippen molar-refractivity contribution in [2.24, 2.45) is 0 Å². The predicted molar refractivity (Wildman–Crippen MR) is 84.5 cm³/mol. The van der Waals surface area contributed by atoms with Crippen LogP contribution in [0, 0.1) is 4.77 Å². The zero-order valence-electron chi connectivity index (χ0n) is 11.0. The minimum Gasteiger partial charge on any atom is -0.331 e. The van der Waals surface area contributed by atoms with E-state index in [0.717, 1.165) is 16.8 Å². The van der Waals surface area contributed by atoms with E-state index in [1.54, 1.807) is 11.3 Å². The van der Waals surface area contributed by atoms with Gasteiger partial charge in [0.05, 0.1) is 11.0 Å². The maximum atomic E-state index is 5.46. The third-order valence-electron chi connectivity index (χ3n) is 3.42. The lowest BCUT2D eigenvalue weighted by atomic mass is 9.91. The second-order valence-electron chi connectivity index (χ2n) is 5.39. The summed E-state index contributed by atoms with van der Waals surface area (Å²) in [5.74, 6) is 0. The van der Waals surface area contributed by atoms with Crippen LogP contribution < -0.4 is 0 Å². The Balaban J connectivity index is 2.07. The topological polar surface area (TPSA) is 20.7 Å². The summed E-state index contributed by atoms with van der Waals surface area (Å²) in [7, 11) is 0. The second kappa shape index (κ2) is 4.62. The number of aromatic nitrogens is 2. The van der Waals surface area contributed by atoms with Gasteiger partial charge in [-0.1, -0.05) is 32.0 Å². The molecule has 19 heavy (non-hydrogen) atoms. The molecule has 0 saturated heterocycles. The van der Waals surface area contributed by atoms with E-state index >= 15 is 0 Å². The lowest BCUT2D eigenvalue weighted by Crippen LogP contribution is -2.23. The summed E-state index contributed by atoms with van der Waals surface area (Å²) < 4.78 is 3.00. The van der Waals surface area contributed by atoms with Gasteiger partial charge in [-0.15, -0.1) is 11.3 Å². The average Bonchev–Trinajstić information content (AvgIpc) is 2.99. The van der Waals surface area contributed by atoms with Crippen molar-refractivity contribution in [1.82, 2.24) is 9.55 Å². The monoisotopic (exact) mass is 288 g/mol. The van der Waals surface area contributed by atoms with Crippen LogP contribution in [-0.4, -0.2) is 9.55 Å². The molecule has 0 atom stereocenters.